The number of nitrogen functional groups attached to an aromatic ring is 1. The number of rotatable bonds is 5. The molecule has 0 fully saturated rings. The second kappa shape index (κ2) is 5.92. The van der Waals surface area contributed by atoms with E-state index in [0.29, 0.717) is 0 Å². The van der Waals surface area contributed by atoms with Crippen LogP contribution in [0.5, 0.6) is 0 Å². The summed E-state index contributed by atoms with van der Waals surface area (Å²) in [6, 6.07) is 16.5. The molecule has 0 bridgehead atoms. The molecule has 2 aromatic carbocycles. The van der Waals surface area contributed by atoms with E-state index < -0.39 is 0 Å². The predicted octanol–water partition coefficient (Wildman–Crippen LogP) is 3.46. The first kappa shape index (κ1) is 12.2. The van der Waals surface area contributed by atoms with Crippen LogP contribution in [0.1, 0.15) is 11.1 Å². The van der Waals surface area contributed by atoms with Gasteiger partial charge in [-0.1, -0.05) is 30.3 Å². The van der Waals surface area contributed by atoms with Gasteiger partial charge in [-0.2, -0.15) is 0 Å². The van der Waals surface area contributed by atoms with Gasteiger partial charge in [0.1, 0.15) is 0 Å². The van der Waals surface area contributed by atoms with E-state index in [1.165, 1.54) is 11.1 Å². The molecule has 0 aliphatic heterocycles. The third-order valence-electron chi connectivity index (χ3n) is 2.79. The first-order valence-electron chi connectivity index (χ1n) is 6.06. The van der Waals surface area contributed by atoms with Gasteiger partial charge in [-0.3, -0.25) is 0 Å². The van der Waals surface area contributed by atoms with Crippen molar-refractivity contribution in [3.63, 3.8) is 0 Å². The van der Waals surface area contributed by atoms with E-state index in [1.807, 2.05) is 18.2 Å². The largest absolute Gasteiger partial charge is 0.399 e. The van der Waals surface area contributed by atoms with Crippen LogP contribution < -0.4 is 11.1 Å². The van der Waals surface area contributed by atoms with E-state index in [0.717, 1.165) is 24.3 Å². The van der Waals surface area contributed by atoms with E-state index in [9.17, 15) is 0 Å². The summed E-state index contributed by atoms with van der Waals surface area (Å²) in [4.78, 5) is 0. The Bertz CT molecular complexity index is 498. The zero-order chi connectivity index (χ0) is 12.8. The lowest BCUT2D eigenvalue weighted by molar-refractivity contribution is 1.19. The van der Waals surface area contributed by atoms with Gasteiger partial charge in [0, 0.05) is 17.9 Å². The Morgan fingerprint density at radius 2 is 1.50 bits per heavy atom. The monoisotopic (exact) mass is 238 g/mol. The Labute approximate surface area is 108 Å². The Kier molecular flexibility index (Phi) is 4.02. The molecular weight excluding hydrogens is 220 g/mol. The van der Waals surface area contributed by atoms with Gasteiger partial charge in [-0.05, 0) is 41.8 Å². The minimum Gasteiger partial charge on any atom is -0.399 e. The van der Waals surface area contributed by atoms with Crippen molar-refractivity contribution >= 4 is 11.4 Å². The topological polar surface area (TPSA) is 38.0 Å². The van der Waals surface area contributed by atoms with Crippen molar-refractivity contribution < 1.29 is 0 Å². The molecule has 2 rings (SSSR count). The Balaban J connectivity index is 2.01. The van der Waals surface area contributed by atoms with E-state index >= 15 is 0 Å². The van der Waals surface area contributed by atoms with Crippen LogP contribution >= 0.6 is 0 Å². The van der Waals surface area contributed by atoms with Crippen LogP contribution in [0.15, 0.2) is 61.2 Å². The van der Waals surface area contributed by atoms with Crippen molar-refractivity contribution in [1.82, 2.24) is 0 Å². The van der Waals surface area contributed by atoms with Gasteiger partial charge < -0.3 is 11.1 Å². The lowest BCUT2D eigenvalue weighted by Crippen LogP contribution is -1.97. The zero-order valence-corrected chi connectivity index (χ0v) is 10.4. The van der Waals surface area contributed by atoms with Crippen molar-refractivity contribution in [3.8, 4) is 0 Å². The van der Waals surface area contributed by atoms with Gasteiger partial charge in [0.15, 0.2) is 0 Å². The molecule has 0 radical (unpaired) electrons. The maximum absolute atomic E-state index is 5.67. The molecule has 18 heavy (non-hydrogen) atoms. The molecule has 0 saturated carbocycles. The van der Waals surface area contributed by atoms with Crippen molar-refractivity contribution in [2.45, 2.75) is 6.42 Å². The molecule has 2 nitrogen and oxygen atoms in total. The van der Waals surface area contributed by atoms with Gasteiger partial charge in [0.2, 0.25) is 0 Å². The van der Waals surface area contributed by atoms with Crippen LogP contribution in [0, 0.1) is 0 Å². The number of benzene rings is 2. The molecule has 0 aliphatic carbocycles. The third-order valence-corrected chi connectivity index (χ3v) is 2.79. The van der Waals surface area contributed by atoms with E-state index in [4.69, 9.17) is 5.73 Å². The van der Waals surface area contributed by atoms with Crippen molar-refractivity contribution in [1.29, 1.82) is 0 Å². The van der Waals surface area contributed by atoms with Crippen LogP contribution in [0.3, 0.4) is 0 Å². The van der Waals surface area contributed by atoms with E-state index in [2.05, 4.69) is 48.3 Å². The van der Waals surface area contributed by atoms with Gasteiger partial charge in [0.05, 0.1) is 0 Å². The summed E-state index contributed by atoms with van der Waals surface area (Å²) in [6.07, 6.45) is 2.78. The second-order valence-corrected chi connectivity index (χ2v) is 4.28. The van der Waals surface area contributed by atoms with Crippen molar-refractivity contribution in [3.05, 3.63) is 72.3 Å². The van der Waals surface area contributed by atoms with Crippen LogP contribution in [0.25, 0.3) is 0 Å². The molecule has 0 unspecified atom stereocenters. The number of nitrogens with one attached hydrogen (secondary N) is 1. The fourth-order valence-corrected chi connectivity index (χ4v) is 1.80. The highest BCUT2D eigenvalue weighted by molar-refractivity contribution is 5.46. The molecule has 0 atom stereocenters. The molecule has 2 aromatic rings. The predicted molar refractivity (Wildman–Crippen MR) is 78.8 cm³/mol. The van der Waals surface area contributed by atoms with Crippen LogP contribution in [-0.2, 0) is 6.42 Å². The lowest BCUT2D eigenvalue weighted by atomic mass is 10.0. The van der Waals surface area contributed by atoms with Crippen molar-refractivity contribution in [2.24, 2.45) is 0 Å². The van der Waals surface area contributed by atoms with Gasteiger partial charge in [0.25, 0.3) is 0 Å². The molecule has 3 N–H and O–H groups in total. The molecule has 2 heteroatoms. The fourth-order valence-electron chi connectivity index (χ4n) is 1.80. The van der Waals surface area contributed by atoms with Crippen LogP contribution in [-0.4, -0.2) is 6.54 Å². The number of hydrogen-bond acceptors (Lipinski definition) is 2. The summed E-state index contributed by atoms with van der Waals surface area (Å²) in [5.41, 5.74) is 10.2. The summed E-state index contributed by atoms with van der Waals surface area (Å²) in [6.45, 7) is 4.47. The molecule has 92 valence electrons. The SMILES string of the molecule is C=CCNc1ccc(Cc2ccc(N)cc2)cc1. The Hall–Kier alpha value is -2.22. The molecular formula is C16H18N2. The van der Waals surface area contributed by atoms with Crippen molar-refractivity contribution in [2.75, 3.05) is 17.6 Å². The summed E-state index contributed by atoms with van der Waals surface area (Å²) in [5, 5.41) is 3.26. The summed E-state index contributed by atoms with van der Waals surface area (Å²) < 4.78 is 0. The molecule has 0 aliphatic rings. The summed E-state index contributed by atoms with van der Waals surface area (Å²) in [5.74, 6) is 0. The molecule has 0 heterocycles. The summed E-state index contributed by atoms with van der Waals surface area (Å²) in [7, 11) is 0. The first-order chi connectivity index (χ1) is 8.78. The molecule has 0 saturated heterocycles. The average molecular weight is 238 g/mol. The average Bonchev–Trinajstić information content (AvgIpc) is 2.41. The maximum atomic E-state index is 5.67. The number of hydrogen-bond donors (Lipinski definition) is 2. The number of anilines is 2. The minimum atomic E-state index is 0.789. The lowest BCUT2D eigenvalue weighted by Gasteiger charge is -2.06. The standard InChI is InChI=1S/C16H18N2/c1-2-11-18-16-9-5-14(6-10-16)12-13-3-7-15(17)8-4-13/h2-10,18H,1,11-12,17H2. The number of nitrogens with two attached hydrogens (primary N) is 1. The highest BCUT2D eigenvalue weighted by Crippen LogP contribution is 2.14. The molecule has 0 aromatic heterocycles. The highest BCUT2D eigenvalue weighted by Gasteiger charge is 1.97. The smallest absolute Gasteiger partial charge is 0.0342 e. The fraction of sp³-hybridized carbons (Fsp3) is 0.125. The molecule has 0 spiro atoms. The van der Waals surface area contributed by atoms with Crippen LogP contribution in [0.4, 0.5) is 11.4 Å². The zero-order valence-electron chi connectivity index (χ0n) is 10.4. The first-order valence-corrected chi connectivity index (χ1v) is 6.06. The highest BCUT2D eigenvalue weighted by atomic mass is 14.8. The van der Waals surface area contributed by atoms with E-state index in [1.54, 1.807) is 0 Å². The van der Waals surface area contributed by atoms with Gasteiger partial charge in [-0.15, -0.1) is 6.58 Å². The second-order valence-electron chi connectivity index (χ2n) is 4.28. The maximum Gasteiger partial charge on any atom is 0.0342 e. The minimum absolute atomic E-state index is 0.789. The van der Waals surface area contributed by atoms with E-state index in [-0.39, 0.29) is 0 Å². The Morgan fingerprint density at radius 3 is 2.06 bits per heavy atom. The normalized spacial score (nSPS) is 10.0. The van der Waals surface area contributed by atoms with Gasteiger partial charge in [-0.25, -0.2) is 0 Å². The Morgan fingerprint density at radius 1 is 0.944 bits per heavy atom. The molecule has 0 amide bonds. The quantitative estimate of drug-likeness (QED) is 0.618. The summed E-state index contributed by atoms with van der Waals surface area (Å²) >= 11 is 0. The van der Waals surface area contributed by atoms with Crippen LogP contribution in [0.2, 0.25) is 0 Å². The van der Waals surface area contributed by atoms with Gasteiger partial charge >= 0.3 is 0 Å². The third kappa shape index (κ3) is 3.39.